The molecule has 1 aliphatic heterocycles. The summed E-state index contributed by atoms with van der Waals surface area (Å²) in [6.45, 7) is 0.426. The van der Waals surface area contributed by atoms with Crippen molar-refractivity contribution in [3.63, 3.8) is 0 Å². The van der Waals surface area contributed by atoms with Gasteiger partial charge in [0, 0.05) is 5.56 Å². The first kappa shape index (κ1) is 10.3. The second-order valence-electron chi connectivity index (χ2n) is 3.28. The number of rotatable bonds is 1. The van der Waals surface area contributed by atoms with E-state index < -0.39 is 12.1 Å². The predicted molar refractivity (Wildman–Crippen MR) is 50.6 cm³/mol. The summed E-state index contributed by atoms with van der Waals surface area (Å²) in [5.41, 5.74) is 0.967. The Labute approximate surface area is 90.7 Å². The van der Waals surface area contributed by atoms with Crippen LogP contribution in [-0.4, -0.2) is 39.1 Å². The van der Waals surface area contributed by atoms with E-state index in [1.807, 2.05) is 0 Å². The van der Waals surface area contributed by atoms with Gasteiger partial charge < -0.3 is 9.84 Å². The van der Waals surface area contributed by atoms with Crippen molar-refractivity contribution in [3.05, 3.63) is 23.3 Å². The SMILES string of the molecule is COC(=O)N1Cc2ncnc(C(=O)O)c2C1. The number of carbonyl (C=O) groups is 2. The van der Waals surface area contributed by atoms with Crippen molar-refractivity contribution >= 4 is 12.1 Å². The summed E-state index contributed by atoms with van der Waals surface area (Å²) < 4.78 is 4.56. The highest BCUT2D eigenvalue weighted by Crippen LogP contribution is 2.23. The van der Waals surface area contributed by atoms with Gasteiger partial charge in [0.25, 0.3) is 0 Å². The maximum Gasteiger partial charge on any atom is 0.410 e. The van der Waals surface area contributed by atoms with E-state index in [0.29, 0.717) is 11.3 Å². The summed E-state index contributed by atoms with van der Waals surface area (Å²) in [6, 6.07) is 0. The Kier molecular flexibility index (Phi) is 2.43. The van der Waals surface area contributed by atoms with Crippen LogP contribution in [0.4, 0.5) is 4.79 Å². The number of amides is 1. The lowest BCUT2D eigenvalue weighted by Crippen LogP contribution is -2.25. The number of hydrogen-bond acceptors (Lipinski definition) is 5. The summed E-state index contributed by atoms with van der Waals surface area (Å²) in [6.07, 6.45) is 0.678. The molecule has 1 aromatic rings. The van der Waals surface area contributed by atoms with Gasteiger partial charge in [-0.25, -0.2) is 19.6 Å². The molecule has 0 aromatic carbocycles. The molecule has 1 N–H and O–H groups in total. The molecule has 0 radical (unpaired) electrons. The van der Waals surface area contributed by atoms with Crippen molar-refractivity contribution in [2.75, 3.05) is 7.11 Å². The molecule has 0 aliphatic carbocycles. The molecule has 0 atom stereocenters. The van der Waals surface area contributed by atoms with E-state index in [1.165, 1.54) is 18.3 Å². The third-order valence-corrected chi connectivity index (χ3v) is 2.36. The summed E-state index contributed by atoms with van der Waals surface area (Å²) in [5.74, 6) is -1.12. The van der Waals surface area contributed by atoms with Crippen LogP contribution in [0.2, 0.25) is 0 Å². The van der Waals surface area contributed by atoms with Crippen LogP contribution < -0.4 is 0 Å². The standard InChI is InChI=1S/C9H9N3O4/c1-16-9(15)12-2-5-6(3-12)10-4-11-7(5)8(13)14/h4H,2-3H2,1H3,(H,13,14). The fraction of sp³-hybridized carbons (Fsp3) is 0.333. The highest BCUT2D eigenvalue weighted by atomic mass is 16.5. The molecule has 0 saturated carbocycles. The van der Waals surface area contributed by atoms with Crippen LogP contribution >= 0.6 is 0 Å². The van der Waals surface area contributed by atoms with Crippen molar-refractivity contribution in [1.29, 1.82) is 0 Å². The zero-order valence-electron chi connectivity index (χ0n) is 8.51. The zero-order chi connectivity index (χ0) is 11.7. The monoisotopic (exact) mass is 223 g/mol. The minimum atomic E-state index is -1.12. The Morgan fingerprint density at radius 2 is 2.19 bits per heavy atom. The van der Waals surface area contributed by atoms with E-state index in [2.05, 4.69) is 14.7 Å². The van der Waals surface area contributed by atoms with Crippen LogP contribution in [0.25, 0.3) is 0 Å². The van der Waals surface area contributed by atoms with Gasteiger partial charge in [0.1, 0.15) is 6.33 Å². The number of carboxylic acid groups (broad SMARTS) is 1. The van der Waals surface area contributed by atoms with Gasteiger partial charge in [-0.2, -0.15) is 0 Å². The average molecular weight is 223 g/mol. The molecule has 84 valence electrons. The van der Waals surface area contributed by atoms with Crippen molar-refractivity contribution in [2.45, 2.75) is 13.1 Å². The number of ether oxygens (including phenoxy) is 1. The molecule has 7 heteroatoms. The molecule has 0 fully saturated rings. The van der Waals surface area contributed by atoms with Crippen molar-refractivity contribution in [2.24, 2.45) is 0 Å². The summed E-state index contributed by atoms with van der Waals surface area (Å²) >= 11 is 0. The first-order valence-corrected chi connectivity index (χ1v) is 4.52. The molecule has 1 amide bonds. The Hall–Kier alpha value is -2.18. The largest absolute Gasteiger partial charge is 0.476 e. The Balaban J connectivity index is 2.34. The fourth-order valence-corrected chi connectivity index (χ4v) is 1.62. The van der Waals surface area contributed by atoms with Crippen LogP contribution in [0.3, 0.4) is 0 Å². The molecule has 1 aromatic heterocycles. The number of aromatic carboxylic acids is 1. The minimum Gasteiger partial charge on any atom is -0.476 e. The second-order valence-corrected chi connectivity index (χ2v) is 3.28. The van der Waals surface area contributed by atoms with Gasteiger partial charge in [-0.15, -0.1) is 0 Å². The zero-order valence-corrected chi connectivity index (χ0v) is 8.51. The number of nitrogens with zero attached hydrogens (tertiary/aromatic N) is 3. The van der Waals surface area contributed by atoms with Gasteiger partial charge in [0.2, 0.25) is 0 Å². The first-order chi connectivity index (χ1) is 7.63. The molecule has 7 nitrogen and oxygen atoms in total. The molecule has 1 aliphatic rings. The average Bonchev–Trinajstić information content (AvgIpc) is 2.70. The maximum absolute atomic E-state index is 11.3. The smallest absolute Gasteiger partial charge is 0.410 e. The quantitative estimate of drug-likeness (QED) is 0.733. The summed E-state index contributed by atoms with van der Waals surface area (Å²) in [5, 5.41) is 8.91. The summed E-state index contributed by atoms with van der Waals surface area (Å²) in [7, 11) is 1.27. The molecule has 0 spiro atoms. The fourth-order valence-electron chi connectivity index (χ4n) is 1.62. The lowest BCUT2D eigenvalue weighted by atomic mass is 10.2. The number of hydrogen-bond donors (Lipinski definition) is 1. The number of carbonyl (C=O) groups excluding carboxylic acids is 1. The lowest BCUT2D eigenvalue weighted by Gasteiger charge is -2.12. The molecular weight excluding hydrogens is 214 g/mol. The van der Waals surface area contributed by atoms with Crippen LogP contribution in [0.1, 0.15) is 21.7 Å². The molecule has 2 rings (SSSR count). The third kappa shape index (κ3) is 1.56. The van der Waals surface area contributed by atoms with Gasteiger partial charge in [0.15, 0.2) is 5.69 Å². The summed E-state index contributed by atoms with van der Waals surface area (Å²) in [4.78, 5) is 31.1. The molecule has 16 heavy (non-hydrogen) atoms. The Morgan fingerprint density at radius 1 is 1.44 bits per heavy atom. The molecule has 0 unspecified atom stereocenters. The topological polar surface area (TPSA) is 92.6 Å². The minimum absolute atomic E-state index is 0.0589. The van der Waals surface area contributed by atoms with E-state index in [4.69, 9.17) is 5.11 Å². The van der Waals surface area contributed by atoms with E-state index in [1.54, 1.807) is 0 Å². The van der Waals surface area contributed by atoms with E-state index in [9.17, 15) is 9.59 Å². The lowest BCUT2D eigenvalue weighted by molar-refractivity contribution is 0.0687. The maximum atomic E-state index is 11.3. The number of carboxylic acids is 1. The third-order valence-electron chi connectivity index (χ3n) is 2.36. The number of fused-ring (bicyclic) bond motifs is 1. The van der Waals surface area contributed by atoms with Crippen molar-refractivity contribution < 1.29 is 19.4 Å². The highest BCUT2D eigenvalue weighted by molar-refractivity contribution is 5.87. The Bertz CT molecular complexity index is 460. The number of aromatic nitrogens is 2. The normalized spacial score (nSPS) is 13.4. The van der Waals surface area contributed by atoms with Crippen molar-refractivity contribution in [3.8, 4) is 0 Å². The molecule has 0 bridgehead atoms. The van der Waals surface area contributed by atoms with Crippen LogP contribution in [0, 0.1) is 0 Å². The van der Waals surface area contributed by atoms with E-state index in [0.717, 1.165) is 0 Å². The second kappa shape index (κ2) is 3.76. The number of methoxy groups -OCH3 is 1. The predicted octanol–water partition coefficient (Wildman–Crippen LogP) is 0.257. The van der Waals surface area contributed by atoms with Crippen LogP contribution in [0.5, 0.6) is 0 Å². The molecule has 0 saturated heterocycles. The van der Waals surface area contributed by atoms with Gasteiger partial charge in [-0.1, -0.05) is 0 Å². The first-order valence-electron chi connectivity index (χ1n) is 4.52. The Morgan fingerprint density at radius 3 is 2.81 bits per heavy atom. The van der Waals surface area contributed by atoms with Gasteiger partial charge in [-0.05, 0) is 0 Å². The van der Waals surface area contributed by atoms with E-state index >= 15 is 0 Å². The van der Waals surface area contributed by atoms with E-state index in [-0.39, 0.29) is 18.8 Å². The molecule has 2 heterocycles. The van der Waals surface area contributed by atoms with Crippen molar-refractivity contribution in [1.82, 2.24) is 14.9 Å². The molecular formula is C9H9N3O4. The van der Waals surface area contributed by atoms with Gasteiger partial charge in [-0.3, -0.25) is 4.90 Å². The van der Waals surface area contributed by atoms with Crippen LogP contribution in [0.15, 0.2) is 6.33 Å². The van der Waals surface area contributed by atoms with Crippen LogP contribution in [-0.2, 0) is 17.8 Å². The highest BCUT2D eigenvalue weighted by Gasteiger charge is 2.29. The van der Waals surface area contributed by atoms with Gasteiger partial charge in [0.05, 0.1) is 25.9 Å². The van der Waals surface area contributed by atoms with Gasteiger partial charge >= 0.3 is 12.1 Å².